The van der Waals surface area contributed by atoms with Crippen molar-refractivity contribution in [1.82, 2.24) is 4.90 Å². The van der Waals surface area contributed by atoms with Gasteiger partial charge >= 0.3 is 0 Å². The van der Waals surface area contributed by atoms with Crippen LogP contribution < -0.4 is 5.73 Å². The molecular weight excluding hydrogens is 308 g/mol. The number of hydrogen-bond donors (Lipinski definition) is 1. The van der Waals surface area contributed by atoms with Crippen molar-refractivity contribution in [3.05, 3.63) is 35.9 Å². The number of carbonyl (C=O) groups excluding carboxylic acids is 2. The van der Waals surface area contributed by atoms with Crippen molar-refractivity contribution >= 4 is 11.8 Å². The highest BCUT2D eigenvalue weighted by atomic mass is 16.5. The molecule has 1 aliphatic heterocycles. The molecule has 0 aromatic heterocycles. The fraction of sp³-hybridized carbons (Fsp3) is 0.556. The molecule has 1 fully saturated rings. The van der Waals surface area contributed by atoms with Gasteiger partial charge in [0.05, 0.1) is 12.6 Å². The van der Waals surface area contributed by atoms with Crippen molar-refractivity contribution in [2.24, 2.45) is 11.1 Å². The van der Waals surface area contributed by atoms with Gasteiger partial charge < -0.3 is 20.1 Å². The summed E-state index contributed by atoms with van der Waals surface area (Å²) in [6.45, 7) is 6.86. The van der Waals surface area contributed by atoms with Gasteiger partial charge in [-0.05, 0) is 11.0 Å². The third-order valence-corrected chi connectivity index (χ3v) is 4.06. The Balaban J connectivity index is 2.09. The minimum absolute atomic E-state index is 0.0865. The molecule has 2 atom stereocenters. The normalized spacial score (nSPS) is 21.5. The second kappa shape index (κ2) is 7.77. The SMILES string of the molecule is CC(C)(C)[C@H]1CN(C(=O)COCC(N)=O)C[C@@H](c2ccccc2)O1. The maximum absolute atomic E-state index is 12.4. The number of nitrogens with zero attached hydrogens (tertiary/aromatic N) is 1. The van der Waals surface area contributed by atoms with Crippen molar-refractivity contribution < 1.29 is 19.1 Å². The van der Waals surface area contributed by atoms with E-state index in [4.69, 9.17) is 15.2 Å². The summed E-state index contributed by atoms with van der Waals surface area (Å²) in [5.74, 6) is -0.741. The van der Waals surface area contributed by atoms with E-state index in [0.717, 1.165) is 5.56 Å². The number of carbonyl (C=O) groups is 2. The summed E-state index contributed by atoms with van der Waals surface area (Å²) in [4.78, 5) is 24.9. The van der Waals surface area contributed by atoms with Crippen LogP contribution in [0.1, 0.15) is 32.4 Å². The van der Waals surface area contributed by atoms with Gasteiger partial charge in [-0.1, -0.05) is 51.1 Å². The summed E-state index contributed by atoms with van der Waals surface area (Å²) in [5, 5.41) is 0. The number of ether oxygens (including phenoxy) is 2. The average Bonchev–Trinajstić information content (AvgIpc) is 2.54. The fourth-order valence-electron chi connectivity index (χ4n) is 2.62. The molecule has 1 aromatic rings. The molecular formula is C18H26N2O4. The molecule has 2 amide bonds. The first-order valence-corrected chi connectivity index (χ1v) is 8.11. The molecule has 1 heterocycles. The van der Waals surface area contributed by atoms with Gasteiger partial charge in [-0.25, -0.2) is 0 Å². The summed E-state index contributed by atoms with van der Waals surface area (Å²) in [7, 11) is 0. The number of rotatable bonds is 5. The lowest BCUT2D eigenvalue weighted by atomic mass is 9.87. The average molecular weight is 334 g/mol. The van der Waals surface area contributed by atoms with E-state index in [1.54, 1.807) is 4.90 Å². The third kappa shape index (κ3) is 5.04. The van der Waals surface area contributed by atoms with Crippen molar-refractivity contribution in [3.8, 4) is 0 Å². The zero-order valence-electron chi connectivity index (χ0n) is 14.5. The third-order valence-electron chi connectivity index (χ3n) is 4.06. The molecule has 2 rings (SSSR count). The van der Waals surface area contributed by atoms with Crippen LogP contribution in [-0.4, -0.2) is 49.1 Å². The lowest BCUT2D eigenvalue weighted by Crippen LogP contribution is -2.52. The first kappa shape index (κ1) is 18.4. The van der Waals surface area contributed by atoms with Gasteiger partial charge in [0.2, 0.25) is 11.8 Å². The Bertz CT molecular complexity index is 568. The molecule has 0 unspecified atom stereocenters. The molecule has 6 heteroatoms. The predicted molar refractivity (Wildman–Crippen MR) is 90.1 cm³/mol. The van der Waals surface area contributed by atoms with E-state index in [1.807, 2.05) is 30.3 Å². The standard InChI is InChI=1S/C18H26N2O4/c1-18(2,3)15-10-20(17(22)12-23-11-16(19)21)9-14(24-15)13-7-5-4-6-8-13/h4-8,14-15H,9-12H2,1-3H3,(H2,19,21)/t14-,15+/m0/s1. The van der Waals surface area contributed by atoms with E-state index in [0.29, 0.717) is 13.1 Å². The van der Waals surface area contributed by atoms with Crippen LogP contribution in [-0.2, 0) is 19.1 Å². The summed E-state index contributed by atoms with van der Waals surface area (Å²) in [6, 6.07) is 9.88. The Kier molecular flexibility index (Phi) is 5.96. The quantitative estimate of drug-likeness (QED) is 0.885. The molecule has 0 saturated carbocycles. The monoisotopic (exact) mass is 334 g/mol. The number of amides is 2. The van der Waals surface area contributed by atoms with Gasteiger partial charge in [0.1, 0.15) is 19.3 Å². The molecule has 1 aliphatic rings. The molecule has 0 spiro atoms. The molecule has 132 valence electrons. The molecule has 0 bridgehead atoms. The van der Waals surface area contributed by atoms with Crippen LogP contribution in [0.3, 0.4) is 0 Å². The lowest BCUT2D eigenvalue weighted by Gasteiger charge is -2.43. The highest BCUT2D eigenvalue weighted by molar-refractivity contribution is 5.79. The van der Waals surface area contributed by atoms with Gasteiger partial charge in [-0.3, -0.25) is 9.59 Å². The van der Waals surface area contributed by atoms with Crippen LogP contribution in [0.4, 0.5) is 0 Å². The van der Waals surface area contributed by atoms with Gasteiger partial charge in [0.25, 0.3) is 0 Å². The Morgan fingerprint density at radius 1 is 1.21 bits per heavy atom. The zero-order chi connectivity index (χ0) is 17.7. The summed E-state index contributed by atoms with van der Waals surface area (Å²) in [6.07, 6.45) is -0.263. The Hall–Kier alpha value is -1.92. The van der Waals surface area contributed by atoms with Crippen LogP contribution in [0.2, 0.25) is 0 Å². The molecule has 0 radical (unpaired) electrons. The van der Waals surface area contributed by atoms with Crippen molar-refractivity contribution in [2.45, 2.75) is 33.0 Å². The van der Waals surface area contributed by atoms with Gasteiger partial charge in [-0.2, -0.15) is 0 Å². The number of benzene rings is 1. The van der Waals surface area contributed by atoms with E-state index in [2.05, 4.69) is 20.8 Å². The van der Waals surface area contributed by atoms with Crippen molar-refractivity contribution in [1.29, 1.82) is 0 Å². The Labute approximate surface area is 142 Å². The van der Waals surface area contributed by atoms with Crippen LogP contribution in [0.25, 0.3) is 0 Å². The molecule has 1 aromatic carbocycles. The van der Waals surface area contributed by atoms with Gasteiger partial charge in [0, 0.05) is 6.54 Å². The van der Waals surface area contributed by atoms with E-state index in [-0.39, 0.29) is 36.7 Å². The van der Waals surface area contributed by atoms with Crippen molar-refractivity contribution in [2.75, 3.05) is 26.3 Å². The fourth-order valence-corrected chi connectivity index (χ4v) is 2.62. The highest BCUT2D eigenvalue weighted by Gasteiger charge is 2.37. The highest BCUT2D eigenvalue weighted by Crippen LogP contribution is 2.33. The van der Waals surface area contributed by atoms with E-state index in [9.17, 15) is 9.59 Å². The van der Waals surface area contributed by atoms with Gasteiger partial charge in [0.15, 0.2) is 0 Å². The number of hydrogen-bond acceptors (Lipinski definition) is 4. The maximum atomic E-state index is 12.4. The molecule has 0 aliphatic carbocycles. The topological polar surface area (TPSA) is 81.9 Å². The molecule has 2 N–H and O–H groups in total. The molecule has 24 heavy (non-hydrogen) atoms. The second-order valence-electron chi connectivity index (χ2n) is 7.15. The Morgan fingerprint density at radius 2 is 1.88 bits per heavy atom. The van der Waals surface area contributed by atoms with Crippen molar-refractivity contribution in [3.63, 3.8) is 0 Å². The van der Waals surface area contributed by atoms with E-state index in [1.165, 1.54) is 0 Å². The lowest BCUT2D eigenvalue weighted by molar-refractivity contribution is -0.161. The molecule has 1 saturated heterocycles. The predicted octanol–water partition coefficient (Wildman–Crippen LogP) is 1.50. The minimum atomic E-state index is -0.584. The first-order valence-electron chi connectivity index (χ1n) is 8.11. The number of primary amides is 1. The summed E-state index contributed by atoms with van der Waals surface area (Å²) < 4.78 is 11.3. The van der Waals surface area contributed by atoms with Crippen LogP contribution in [0, 0.1) is 5.41 Å². The van der Waals surface area contributed by atoms with Crippen LogP contribution >= 0.6 is 0 Å². The number of morpholine rings is 1. The van der Waals surface area contributed by atoms with Crippen LogP contribution in [0.5, 0.6) is 0 Å². The second-order valence-corrected chi connectivity index (χ2v) is 7.15. The first-order chi connectivity index (χ1) is 11.3. The number of nitrogens with two attached hydrogens (primary N) is 1. The zero-order valence-corrected chi connectivity index (χ0v) is 14.5. The van der Waals surface area contributed by atoms with Crippen LogP contribution in [0.15, 0.2) is 30.3 Å². The maximum Gasteiger partial charge on any atom is 0.248 e. The Morgan fingerprint density at radius 3 is 2.46 bits per heavy atom. The summed E-state index contributed by atoms with van der Waals surface area (Å²) in [5.41, 5.74) is 5.97. The minimum Gasteiger partial charge on any atom is -0.368 e. The van der Waals surface area contributed by atoms with E-state index < -0.39 is 5.91 Å². The van der Waals surface area contributed by atoms with E-state index >= 15 is 0 Å². The molecule has 6 nitrogen and oxygen atoms in total. The smallest absolute Gasteiger partial charge is 0.248 e. The largest absolute Gasteiger partial charge is 0.368 e. The summed E-state index contributed by atoms with van der Waals surface area (Å²) >= 11 is 0. The van der Waals surface area contributed by atoms with Gasteiger partial charge in [-0.15, -0.1) is 0 Å².